The van der Waals surface area contributed by atoms with Crippen molar-refractivity contribution >= 4 is 0 Å². The minimum atomic E-state index is -2.47. The van der Waals surface area contributed by atoms with Crippen LogP contribution in [0.15, 0.2) is 22.8 Å². The second kappa shape index (κ2) is 2.57. The summed E-state index contributed by atoms with van der Waals surface area (Å²) in [5, 5.41) is 0. The molecule has 1 aromatic rings. The Morgan fingerprint density at radius 1 is 1.50 bits per heavy atom. The van der Waals surface area contributed by atoms with Crippen LogP contribution in [0.1, 0.15) is 30.9 Å². The van der Waals surface area contributed by atoms with E-state index in [0.717, 1.165) is 0 Å². The standard InChI is InChI=1S/C9H10F2O/c10-9(11)4-3-7(6-9)8-2-1-5-12-8/h1-2,5,7H,3-4,6H2. The molecule has 12 heavy (non-hydrogen) atoms. The lowest BCUT2D eigenvalue weighted by Crippen LogP contribution is -2.08. The predicted octanol–water partition coefficient (Wildman–Crippen LogP) is 3.18. The molecule has 1 saturated carbocycles. The lowest BCUT2D eigenvalue weighted by molar-refractivity contribution is 0.00720. The topological polar surface area (TPSA) is 13.1 Å². The molecule has 1 aliphatic carbocycles. The van der Waals surface area contributed by atoms with Crippen molar-refractivity contribution in [3.8, 4) is 0 Å². The van der Waals surface area contributed by atoms with E-state index < -0.39 is 5.92 Å². The van der Waals surface area contributed by atoms with Crippen molar-refractivity contribution in [1.29, 1.82) is 0 Å². The van der Waals surface area contributed by atoms with E-state index in [4.69, 9.17) is 4.42 Å². The van der Waals surface area contributed by atoms with Gasteiger partial charge in [-0.2, -0.15) is 0 Å². The zero-order valence-electron chi connectivity index (χ0n) is 6.59. The summed E-state index contributed by atoms with van der Waals surface area (Å²) in [6.07, 6.45) is 2.02. The van der Waals surface area contributed by atoms with Crippen molar-refractivity contribution in [2.24, 2.45) is 0 Å². The van der Waals surface area contributed by atoms with Crippen molar-refractivity contribution in [3.63, 3.8) is 0 Å². The van der Waals surface area contributed by atoms with E-state index in [2.05, 4.69) is 0 Å². The van der Waals surface area contributed by atoms with Gasteiger partial charge in [0, 0.05) is 18.8 Å². The summed E-state index contributed by atoms with van der Waals surface area (Å²) in [6.45, 7) is 0. The average molecular weight is 172 g/mol. The normalized spacial score (nSPS) is 27.7. The van der Waals surface area contributed by atoms with Gasteiger partial charge in [0.15, 0.2) is 0 Å². The van der Waals surface area contributed by atoms with Gasteiger partial charge in [0.2, 0.25) is 5.92 Å². The van der Waals surface area contributed by atoms with E-state index >= 15 is 0 Å². The summed E-state index contributed by atoms with van der Waals surface area (Å²) >= 11 is 0. The Kier molecular flexibility index (Phi) is 1.67. The largest absolute Gasteiger partial charge is 0.469 e. The Bertz CT molecular complexity index is 254. The fourth-order valence-corrected chi connectivity index (χ4v) is 1.72. The number of rotatable bonds is 1. The van der Waals surface area contributed by atoms with E-state index in [1.54, 1.807) is 12.1 Å². The fourth-order valence-electron chi connectivity index (χ4n) is 1.72. The van der Waals surface area contributed by atoms with E-state index in [1.165, 1.54) is 6.26 Å². The maximum absolute atomic E-state index is 12.7. The third-order valence-electron chi connectivity index (χ3n) is 2.35. The van der Waals surface area contributed by atoms with E-state index in [9.17, 15) is 8.78 Å². The molecule has 2 rings (SSSR count). The highest BCUT2D eigenvalue weighted by Gasteiger charge is 2.40. The minimum absolute atomic E-state index is 0.00162. The van der Waals surface area contributed by atoms with Gasteiger partial charge in [-0.25, -0.2) is 8.78 Å². The third-order valence-corrected chi connectivity index (χ3v) is 2.35. The Morgan fingerprint density at radius 2 is 2.33 bits per heavy atom. The minimum Gasteiger partial charge on any atom is -0.469 e. The molecule has 0 aliphatic heterocycles. The first-order valence-electron chi connectivity index (χ1n) is 4.09. The van der Waals surface area contributed by atoms with Gasteiger partial charge in [-0.15, -0.1) is 0 Å². The molecule has 0 bridgehead atoms. The van der Waals surface area contributed by atoms with Crippen LogP contribution in [0.25, 0.3) is 0 Å². The summed E-state index contributed by atoms with van der Waals surface area (Å²) in [5.41, 5.74) is 0. The summed E-state index contributed by atoms with van der Waals surface area (Å²) in [7, 11) is 0. The van der Waals surface area contributed by atoms with Crippen LogP contribution in [0.5, 0.6) is 0 Å². The highest BCUT2D eigenvalue weighted by molar-refractivity contribution is 5.08. The molecule has 0 saturated heterocycles. The molecule has 0 aromatic carbocycles. The lowest BCUT2D eigenvalue weighted by atomic mass is 10.1. The number of hydrogen-bond acceptors (Lipinski definition) is 1. The second-order valence-electron chi connectivity index (χ2n) is 3.31. The van der Waals surface area contributed by atoms with Crippen molar-refractivity contribution in [1.82, 2.24) is 0 Å². The van der Waals surface area contributed by atoms with Crippen LogP contribution in [0.4, 0.5) is 8.78 Å². The van der Waals surface area contributed by atoms with Crippen molar-refractivity contribution in [2.75, 3.05) is 0 Å². The first-order valence-corrected chi connectivity index (χ1v) is 4.09. The van der Waals surface area contributed by atoms with Gasteiger partial charge in [0.25, 0.3) is 0 Å². The first-order chi connectivity index (χ1) is 5.67. The second-order valence-corrected chi connectivity index (χ2v) is 3.31. The van der Waals surface area contributed by atoms with Gasteiger partial charge in [-0.1, -0.05) is 0 Å². The van der Waals surface area contributed by atoms with Crippen LogP contribution in [-0.2, 0) is 0 Å². The Hall–Kier alpha value is -0.860. The molecule has 1 nitrogen and oxygen atoms in total. The summed E-state index contributed by atoms with van der Waals surface area (Å²) in [5.74, 6) is -1.85. The molecule has 1 aliphatic rings. The summed E-state index contributed by atoms with van der Waals surface area (Å²) < 4.78 is 30.6. The van der Waals surface area contributed by atoms with Gasteiger partial charge in [0.1, 0.15) is 5.76 Å². The monoisotopic (exact) mass is 172 g/mol. The van der Waals surface area contributed by atoms with Crippen LogP contribution < -0.4 is 0 Å². The molecule has 0 radical (unpaired) electrons. The fraction of sp³-hybridized carbons (Fsp3) is 0.556. The van der Waals surface area contributed by atoms with Crippen molar-refractivity contribution < 1.29 is 13.2 Å². The van der Waals surface area contributed by atoms with Crippen molar-refractivity contribution in [2.45, 2.75) is 31.1 Å². The van der Waals surface area contributed by atoms with Crippen LogP contribution >= 0.6 is 0 Å². The van der Waals surface area contributed by atoms with Gasteiger partial charge in [-0.05, 0) is 18.6 Å². The first kappa shape index (κ1) is 7.77. The molecule has 1 atom stereocenters. The van der Waals surface area contributed by atoms with Gasteiger partial charge < -0.3 is 4.42 Å². The Morgan fingerprint density at radius 3 is 2.83 bits per heavy atom. The van der Waals surface area contributed by atoms with Crippen LogP contribution in [0.3, 0.4) is 0 Å². The Balaban J connectivity index is 2.10. The molecule has 1 heterocycles. The molecular formula is C9H10F2O. The van der Waals surface area contributed by atoms with E-state index in [0.29, 0.717) is 12.2 Å². The van der Waals surface area contributed by atoms with Gasteiger partial charge >= 0.3 is 0 Å². The van der Waals surface area contributed by atoms with Crippen molar-refractivity contribution in [3.05, 3.63) is 24.2 Å². The zero-order chi connectivity index (χ0) is 8.60. The smallest absolute Gasteiger partial charge is 0.248 e. The number of hydrogen-bond donors (Lipinski definition) is 0. The maximum atomic E-state index is 12.7. The molecule has 1 aromatic heterocycles. The summed E-state index contributed by atoms with van der Waals surface area (Å²) in [4.78, 5) is 0. The van der Waals surface area contributed by atoms with Crippen LogP contribution in [0.2, 0.25) is 0 Å². The molecule has 66 valence electrons. The molecule has 1 unspecified atom stereocenters. The summed E-state index contributed by atoms with van der Waals surface area (Å²) in [6, 6.07) is 3.51. The Labute approximate surface area is 69.4 Å². The third kappa shape index (κ3) is 1.36. The lowest BCUT2D eigenvalue weighted by Gasteiger charge is -2.07. The molecule has 0 spiro atoms. The van der Waals surface area contributed by atoms with Gasteiger partial charge in [0.05, 0.1) is 6.26 Å². The van der Waals surface area contributed by atoms with Gasteiger partial charge in [-0.3, -0.25) is 0 Å². The quantitative estimate of drug-likeness (QED) is 0.634. The maximum Gasteiger partial charge on any atom is 0.248 e. The molecule has 0 amide bonds. The molecular weight excluding hydrogens is 162 g/mol. The van der Waals surface area contributed by atoms with Crippen LogP contribution in [0, 0.1) is 0 Å². The van der Waals surface area contributed by atoms with E-state index in [1.807, 2.05) is 0 Å². The molecule has 0 N–H and O–H groups in total. The number of halogens is 2. The zero-order valence-corrected chi connectivity index (χ0v) is 6.59. The van der Waals surface area contributed by atoms with E-state index in [-0.39, 0.29) is 18.8 Å². The molecule has 1 fully saturated rings. The SMILES string of the molecule is FC1(F)CCC(c2ccco2)C1. The number of furan rings is 1. The highest BCUT2D eigenvalue weighted by Crippen LogP contribution is 2.44. The highest BCUT2D eigenvalue weighted by atomic mass is 19.3. The average Bonchev–Trinajstić information content (AvgIpc) is 2.55. The number of alkyl halides is 2. The van der Waals surface area contributed by atoms with Crippen LogP contribution in [-0.4, -0.2) is 5.92 Å². The predicted molar refractivity (Wildman–Crippen MR) is 40.2 cm³/mol. The molecule has 3 heteroatoms.